The molecule has 0 saturated heterocycles. The molecule has 1 rings (SSSR count). The number of nitrogens with one attached hydrogen (secondary N) is 1. The normalized spacial score (nSPS) is 14.8. The van der Waals surface area contributed by atoms with Crippen LogP contribution >= 0.6 is 15.9 Å². The van der Waals surface area contributed by atoms with E-state index in [2.05, 4.69) is 47.2 Å². The van der Waals surface area contributed by atoms with Crippen molar-refractivity contribution < 1.29 is 5.11 Å². The molecule has 0 fully saturated rings. The third kappa shape index (κ3) is 4.24. The summed E-state index contributed by atoms with van der Waals surface area (Å²) in [5.74, 6) is 0. The lowest BCUT2D eigenvalue weighted by molar-refractivity contribution is 0.135. The van der Waals surface area contributed by atoms with E-state index in [9.17, 15) is 5.11 Å². The van der Waals surface area contributed by atoms with Gasteiger partial charge in [-0.1, -0.05) is 41.9 Å². The van der Waals surface area contributed by atoms with Crippen LogP contribution in [0.1, 0.15) is 25.8 Å². The molecule has 0 aromatic heterocycles. The summed E-state index contributed by atoms with van der Waals surface area (Å²) in [7, 11) is 0. The maximum Gasteiger partial charge on any atom is 0.0496 e. The van der Waals surface area contributed by atoms with E-state index >= 15 is 0 Å². The van der Waals surface area contributed by atoms with Crippen molar-refractivity contribution in [3.63, 3.8) is 0 Å². The fourth-order valence-corrected chi connectivity index (χ4v) is 1.89. The van der Waals surface area contributed by atoms with Gasteiger partial charge in [0.2, 0.25) is 0 Å². The summed E-state index contributed by atoms with van der Waals surface area (Å²) < 4.78 is 1.10. The van der Waals surface area contributed by atoms with Crippen molar-refractivity contribution in [2.24, 2.45) is 5.41 Å². The largest absolute Gasteiger partial charge is 0.396 e. The van der Waals surface area contributed by atoms with Gasteiger partial charge in [-0.15, -0.1) is 0 Å². The zero-order valence-corrected chi connectivity index (χ0v) is 11.5. The van der Waals surface area contributed by atoms with E-state index in [1.165, 1.54) is 5.56 Å². The number of aliphatic hydroxyl groups is 1. The highest BCUT2D eigenvalue weighted by molar-refractivity contribution is 9.10. The second kappa shape index (κ2) is 6.38. The van der Waals surface area contributed by atoms with Gasteiger partial charge in [0.15, 0.2) is 0 Å². The molecule has 0 aliphatic carbocycles. The van der Waals surface area contributed by atoms with Crippen LogP contribution in [-0.4, -0.2) is 18.3 Å². The zero-order chi connectivity index (χ0) is 12.0. The lowest BCUT2D eigenvalue weighted by atomic mass is 9.88. The fraction of sp³-hybridized carbons (Fsp3) is 0.538. The first kappa shape index (κ1) is 13.7. The van der Waals surface area contributed by atoms with E-state index in [4.69, 9.17) is 0 Å². The molecule has 1 aromatic carbocycles. The first-order valence-corrected chi connectivity index (χ1v) is 6.45. The maximum atomic E-state index is 9.28. The van der Waals surface area contributed by atoms with Crippen molar-refractivity contribution in [2.75, 3.05) is 13.2 Å². The molecule has 0 radical (unpaired) electrons. The van der Waals surface area contributed by atoms with Gasteiger partial charge in [0.05, 0.1) is 0 Å². The van der Waals surface area contributed by atoms with Gasteiger partial charge >= 0.3 is 0 Å². The van der Waals surface area contributed by atoms with E-state index in [1.807, 2.05) is 12.1 Å². The molecule has 0 spiro atoms. The molecule has 0 heterocycles. The Morgan fingerprint density at radius 1 is 1.44 bits per heavy atom. The third-order valence-electron chi connectivity index (χ3n) is 3.01. The van der Waals surface area contributed by atoms with Crippen molar-refractivity contribution in [3.8, 4) is 0 Å². The van der Waals surface area contributed by atoms with Gasteiger partial charge in [0.25, 0.3) is 0 Å². The molecule has 1 atom stereocenters. The first-order valence-electron chi connectivity index (χ1n) is 5.66. The second-order valence-electron chi connectivity index (χ2n) is 4.56. The molecule has 2 nitrogen and oxygen atoms in total. The molecule has 16 heavy (non-hydrogen) atoms. The van der Waals surface area contributed by atoms with Crippen LogP contribution in [0.2, 0.25) is 0 Å². The smallest absolute Gasteiger partial charge is 0.0496 e. The second-order valence-corrected chi connectivity index (χ2v) is 5.47. The number of benzene rings is 1. The molecule has 1 aromatic rings. The van der Waals surface area contributed by atoms with Crippen molar-refractivity contribution >= 4 is 15.9 Å². The summed E-state index contributed by atoms with van der Waals surface area (Å²) in [4.78, 5) is 0. The molecule has 1 unspecified atom stereocenters. The van der Waals surface area contributed by atoms with Crippen molar-refractivity contribution in [3.05, 3.63) is 34.3 Å². The molecular weight excluding hydrogens is 266 g/mol. The highest BCUT2D eigenvalue weighted by Crippen LogP contribution is 2.18. The quantitative estimate of drug-likeness (QED) is 0.842. The van der Waals surface area contributed by atoms with Crippen LogP contribution in [-0.2, 0) is 6.54 Å². The van der Waals surface area contributed by atoms with Gasteiger partial charge in [-0.3, -0.25) is 0 Å². The fourth-order valence-electron chi connectivity index (χ4n) is 1.45. The van der Waals surface area contributed by atoms with Gasteiger partial charge in [-0.25, -0.2) is 0 Å². The lowest BCUT2D eigenvalue weighted by Gasteiger charge is -2.25. The highest BCUT2D eigenvalue weighted by Gasteiger charge is 2.19. The number of halogens is 1. The molecule has 0 bridgehead atoms. The highest BCUT2D eigenvalue weighted by atomic mass is 79.9. The Morgan fingerprint density at radius 3 is 2.75 bits per heavy atom. The summed E-state index contributed by atoms with van der Waals surface area (Å²) in [6.45, 7) is 6.12. The summed E-state index contributed by atoms with van der Waals surface area (Å²) in [5, 5.41) is 12.7. The first-order chi connectivity index (χ1) is 7.59. The van der Waals surface area contributed by atoms with Crippen LogP contribution in [0, 0.1) is 5.41 Å². The minimum absolute atomic E-state index is 0.00792. The molecule has 3 heteroatoms. The summed E-state index contributed by atoms with van der Waals surface area (Å²) in [6, 6.07) is 8.26. The van der Waals surface area contributed by atoms with E-state index < -0.39 is 0 Å². The SMILES string of the molecule is CCC(C)(CO)CNCc1cccc(Br)c1. The van der Waals surface area contributed by atoms with Gasteiger partial charge in [0.1, 0.15) is 0 Å². The molecule has 2 N–H and O–H groups in total. The summed E-state index contributed by atoms with van der Waals surface area (Å²) >= 11 is 3.45. The van der Waals surface area contributed by atoms with Crippen LogP contribution in [0.15, 0.2) is 28.7 Å². The average molecular weight is 286 g/mol. The topological polar surface area (TPSA) is 32.3 Å². The Balaban J connectivity index is 2.41. The van der Waals surface area contributed by atoms with Crippen LogP contribution in [0.5, 0.6) is 0 Å². The predicted octanol–water partition coefficient (Wildman–Crippen LogP) is 2.95. The van der Waals surface area contributed by atoms with Gasteiger partial charge in [-0.05, 0) is 24.1 Å². The van der Waals surface area contributed by atoms with Crippen LogP contribution in [0.25, 0.3) is 0 Å². The van der Waals surface area contributed by atoms with Gasteiger partial charge in [-0.2, -0.15) is 0 Å². The molecule has 0 amide bonds. The molecule has 0 aliphatic rings. The Kier molecular flexibility index (Phi) is 5.46. The maximum absolute atomic E-state index is 9.28. The molecule has 90 valence electrons. The van der Waals surface area contributed by atoms with Gasteiger partial charge in [0, 0.05) is 29.6 Å². The van der Waals surface area contributed by atoms with Crippen LogP contribution in [0.4, 0.5) is 0 Å². The number of aliphatic hydroxyl groups excluding tert-OH is 1. The molecular formula is C13H20BrNO. The Labute approximate surface area is 106 Å². The third-order valence-corrected chi connectivity index (χ3v) is 3.50. The molecule has 0 saturated carbocycles. The van der Waals surface area contributed by atoms with Crippen LogP contribution in [0.3, 0.4) is 0 Å². The number of rotatable bonds is 6. The van der Waals surface area contributed by atoms with Crippen molar-refractivity contribution in [1.82, 2.24) is 5.32 Å². The Bertz CT molecular complexity index is 323. The Morgan fingerprint density at radius 2 is 2.19 bits per heavy atom. The molecule has 0 aliphatic heterocycles. The van der Waals surface area contributed by atoms with Crippen LogP contribution < -0.4 is 5.32 Å². The predicted molar refractivity (Wildman–Crippen MR) is 71.3 cm³/mol. The van der Waals surface area contributed by atoms with Gasteiger partial charge < -0.3 is 10.4 Å². The van der Waals surface area contributed by atoms with E-state index in [0.717, 1.165) is 24.0 Å². The lowest BCUT2D eigenvalue weighted by Crippen LogP contribution is -2.34. The van der Waals surface area contributed by atoms with Crippen molar-refractivity contribution in [2.45, 2.75) is 26.8 Å². The number of hydrogen-bond donors (Lipinski definition) is 2. The monoisotopic (exact) mass is 285 g/mol. The zero-order valence-electron chi connectivity index (χ0n) is 9.96. The summed E-state index contributed by atoms with van der Waals surface area (Å²) in [6.07, 6.45) is 0.981. The average Bonchev–Trinajstić information content (AvgIpc) is 2.29. The Hall–Kier alpha value is -0.380. The van der Waals surface area contributed by atoms with E-state index in [0.29, 0.717) is 0 Å². The minimum atomic E-state index is -0.00792. The standard InChI is InChI=1S/C13H20BrNO/c1-3-13(2,10-16)9-15-8-11-5-4-6-12(14)7-11/h4-7,15-16H,3,8-10H2,1-2H3. The van der Waals surface area contributed by atoms with E-state index in [-0.39, 0.29) is 12.0 Å². The summed E-state index contributed by atoms with van der Waals surface area (Å²) in [5.41, 5.74) is 1.25. The van der Waals surface area contributed by atoms with Crippen molar-refractivity contribution in [1.29, 1.82) is 0 Å². The number of hydrogen-bond acceptors (Lipinski definition) is 2. The van der Waals surface area contributed by atoms with E-state index in [1.54, 1.807) is 0 Å². The minimum Gasteiger partial charge on any atom is -0.396 e.